The maximum atomic E-state index is 12.3. The molecular formula is C17H26N2O4S. The molecule has 0 bridgehead atoms. The minimum atomic E-state index is -3.23. The van der Waals surface area contributed by atoms with Gasteiger partial charge in [0.1, 0.15) is 5.54 Å². The number of ether oxygens (including phenoxy) is 1. The monoisotopic (exact) mass is 354 g/mol. The van der Waals surface area contributed by atoms with Crippen LogP contribution in [0.1, 0.15) is 39.2 Å². The summed E-state index contributed by atoms with van der Waals surface area (Å²) >= 11 is 0. The van der Waals surface area contributed by atoms with E-state index in [0.717, 1.165) is 0 Å². The summed E-state index contributed by atoms with van der Waals surface area (Å²) in [6.07, 6.45) is 0.974. The van der Waals surface area contributed by atoms with Crippen LogP contribution < -0.4 is 11.1 Å². The zero-order valence-corrected chi connectivity index (χ0v) is 15.3. The van der Waals surface area contributed by atoms with E-state index in [1.807, 2.05) is 0 Å². The molecule has 0 radical (unpaired) electrons. The van der Waals surface area contributed by atoms with Crippen LogP contribution in [0.3, 0.4) is 0 Å². The van der Waals surface area contributed by atoms with Crippen molar-refractivity contribution >= 4 is 21.4 Å². The van der Waals surface area contributed by atoms with Gasteiger partial charge in [0.2, 0.25) is 5.91 Å². The van der Waals surface area contributed by atoms with Gasteiger partial charge in [0.15, 0.2) is 9.84 Å². The van der Waals surface area contributed by atoms with E-state index in [4.69, 9.17) is 10.5 Å². The Morgan fingerprint density at radius 3 is 2.25 bits per heavy atom. The van der Waals surface area contributed by atoms with Gasteiger partial charge in [-0.2, -0.15) is 0 Å². The van der Waals surface area contributed by atoms with Crippen LogP contribution in [0.15, 0.2) is 24.3 Å². The van der Waals surface area contributed by atoms with Crippen molar-refractivity contribution in [1.29, 1.82) is 0 Å². The van der Waals surface area contributed by atoms with Gasteiger partial charge in [-0.15, -0.1) is 0 Å². The van der Waals surface area contributed by atoms with Crippen molar-refractivity contribution < 1.29 is 17.9 Å². The van der Waals surface area contributed by atoms with Crippen LogP contribution in [0.5, 0.6) is 0 Å². The van der Waals surface area contributed by atoms with E-state index in [-0.39, 0.29) is 11.7 Å². The van der Waals surface area contributed by atoms with E-state index >= 15 is 0 Å². The number of hydrogen-bond acceptors (Lipinski definition) is 5. The van der Waals surface area contributed by atoms with E-state index in [1.165, 1.54) is 0 Å². The number of hydrogen-bond donors (Lipinski definition) is 2. The Balaban J connectivity index is 2.03. The van der Waals surface area contributed by atoms with Crippen LogP contribution in [-0.4, -0.2) is 37.8 Å². The molecule has 1 aromatic rings. The SMILES string of the molecule is CC(C)(C)S(=O)(=O)Cc1ccc(NC(=O)C2(N)CCOCC2)cc1. The first-order valence-electron chi connectivity index (χ1n) is 8.03. The molecule has 1 saturated heterocycles. The highest BCUT2D eigenvalue weighted by molar-refractivity contribution is 7.91. The lowest BCUT2D eigenvalue weighted by molar-refractivity contribution is -0.124. The zero-order valence-electron chi connectivity index (χ0n) is 14.5. The average Bonchev–Trinajstić information content (AvgIpc) is 2.48. The molecule has 0 saturated carbocycles. The quantitative estimate of drug-likeness (QED) is 0.860. The first-order valence-corrected chi connectivity index (χ1v) is 9.68. The van der Waals surface area contributed by atoms with Crippen molar-refractivity contribution in [3.8, 4) is 0 Å². The number of nitrogens with one attached hydrogen (secondary N) is 1. The summed E-state index contributed by atoms with van der Waals surface area (Å²) in [6, 6.07) is 6.83. The first kappa shape index (κ1) is 18.9. The topological polar surface area (TPSA) is 98.5 Å². The fraction of sp³-hybridized carbons (Fsp3) is 0.588. The van der Waals surface area contributed by atoms with Crippen LogP contribution in [-0.2, 0) is 25.1 Å². The number of carbonyl (C=O) groups is 1. The van der Waals surface area contributed by atoms with Crippen LogP contribution in [0.4, 0.5) is 5.69 Å². The molecule has 0 unspecified atom stereocenters. The largest absolute Gasteiger partial charge is 0.381 e. The lowest BCUT2D eigenvalue weighted by atomic mass is 9.90. The second kappa shape index (κ2) is 6.82. The number of carbonyl (C=O) groups excluding carboxylic acids is 1. The van der Waals surface area contributed by atoms with Gasteiger partial charge >= 0.3 is 0 Å². The van der Waals surface area contributed by atoms with E-state index in [9.17, 15) is 13.2 Å². The fourth-order valence-corrected chi connectivity index (χ4v) is 3.40. The molecule has 0 atom stereocenters. The Kier molecular flexibility index (Phi) is 5.37. The standard InChI is InChI=1S/C17H26N2O4S/c1-16(2,3)24(21,22)12-13-4-6-14(7-5-13)19-15(20)17(18)8-10-23-11-9-17/h4-7H,8-12,18H2,1-3H3,(H,19,20). The molecule has 3 N–H and O–H groups in total. The van der Waals surface area contributed by atoms with Crippen molar-refractivity contribution in [3.05, 3.63) is 29.8 Å². The molecule has 134 valence electrons. The lowest BCUT2D eigenvalue weighted by Crippen LogP contribution is -2.54. The molecule has 1 heterocycles. The van der Waals surface area contributed by atoms with Gasteiger partial charge in [0.05, 0.1) is 10.5 Å². The predicted octanol–water partition coefficient (Wildman–Crippen LogP) is 1.85. The van der Waals surface area contributed by atoms with Gasteiger partial charge in [-0.25, -0.2) is 8.42 Å². The summed E-state index contributed by atoms with van der Waals surface area (Å²) in [7, 11) is -3.23. The molecular weight excluding hydrogens is 328 g/mol. The molecule has 24 heavy (non-hydrogen) atoms. The van der Waals surface area contributed by atoms with Crippen LogP contribution in [0.25, 0.3) is 0 Å². The molecule has 0 aliphatic carbocycles. The molecule has 1 aliphatic rings. The highest BCUT2D eigenvalue weighted by Crippen LogP contribution is 2.23. The second-order valence-corrected chi connectivity index (χ2v) is 10.0. The van der Waals surface area contributed by atoms with Crippen molar-refractivity contribution in [1.82, 2.24) is 0 Å². The Bertz CT molecular complexity index is 684. The summed E-state index contributed by atoms with van der Waals surface area (Å²) in [5.41, 5.74) is 6.53. The molecule has 0 spiro atoms. The van der Waals surface area contributed by atoms with Crippen molar-refractivity contribution in [2.75, 3.05) is 18.5 Å². The third-order valence-corrected chi connectivity index (χ3v) is 6.92. The Hall–Kier alpha value is -1.44. The predicted molar refractivity (Wildman–Crippen MR) is 94.4 cm³/mol. The van der Waals surface area contributed by atoms with Crippen LogP contribution in [0, 0.1) is 0 Å². The number of nitrogens with two attached hydrogens (primary N) is 1. The summed E-state index contributed by atoms with van der Waals surface area (Å²) in [5, 5.41) is 2.80. The number of rotatable bonds is 4. The first-order chi connectivity index (χ1) is 11.0. The van der Waals surface area contributed by atoms with Gasteiger partial charge in [-0.1, -0.05) is 12.1 Å². The molecule has 1 amide bonds. The van der Waals surface area contributed by atoms with Gasteiger partial charge in [0, 0.05) is 18.9 Å². The van der Waals surface area contributed by atoms with Gasteiger partial charge in [0.25, 0.3) is 0 Å². The maximum absolute atomic E-state index is 12.3. The summed E-state index contributed by atoms with van der Waals surface area (Å²) in [6.45, 7) is 6.02. The normalized spacial score (nSPS) is 18.2. The fourth-order valence-electron chi connectivity index (χ4n) is 2.34. The van der Waals surface area contributed by atoms with Gasteiger partial charge in [-0.3, -0.25) is 4.79 Å². The van der Waals surface area contributed by atoms with Crippen molar-refractivity contribution in [2.24, 2.45) is 5.73 Å². The molecule has 1 aliphatic heterocycles. The Morgan fingerprint density at radius 2 is 1.75 bits per heavy atom. The third kappa shape index (κ3) is 4.34. The minimum Gasteiger partial charge on any atom is -0.381 e. The highest BCUT2D eigenvalue weighted by Gasteiger charge is 2.36. The molecule has 7 heteroatoms. The zero-order chi connectivity index (χ0) is 18.0. The van der Waals surface area contributed by atoms with Gasteiger partial charge in [-0.05, 0) is 51.3 Å². The Morgan fingerprint density at radius 1 is 1.21 bits per heavy atom. The van der Waals surface area contributed by atoms with Gasteiger partial charge < -0.3 is 15.8 Å². The Labute approximate surface area is 143 Å². The molecule has 6 nitrogen and oxygen atoms in total. The number of anilines is 1. The summed E-state index contributed by atoms with van der Waals surface area (Å²) < 4.78 is 28.9. The maximum Gasteiger partial charge on any atom is 0.244 e. The number of sulfone groups is 1. The van der Waals surface area contributed by atoms with Crippen molar-refractivity contribution in [3.63, 3.8) is 0 Å². The molecule has 2 rings (SSSR count). The highest BCUT2D eigenvalue weighted by atomic mass is 32.2. The van der Waals surface area contributed by atoms with E-state index in [0.29, 0.717) is 37.3 Å². The lowest BCUT2D eigenvalue weighted by Gasteiger charge is -2.31. The van der Waals surface area contributed by atoms with Crippen LogP contribution >= 0.6 is 0 Å². The van der Waals surface area contributed by atoms with E-state index < -0.39 is 20.1 Å². The molecule has 0 aromatic heterocycles. The number of amides is 1. The summed E-state index contributed by atoms with van der Waals surface area (Å²) in [4.78, 5) is 12.3. The van der Waals surface area contributed by atoms with Crippen LogP contribution in [0.2, 0.25) is 0 Å². The minimum absolute atomic E-state index is 0.0249. The second-order valence-electron chi connectivity index (χ2n) is 7.29. The average molecular weight is 354 g/mol. The third-order valence-electron chi connectivity index (χ3n) is 4.34. The van der Waals surface area contributed by atoms with E-state index in [1.54, 1.807) is 45.0 Å². The summed E-state index contributed by atoms with van der Waals surface area (Å²) in [5.74, 6) is -0.260. The number of benzene rings is 1. The van der Waals surface area contributed by atoms with E-state index in [2.05, 4.69) is 5.32 Å². The molecule has 1 fully saturated rings. The smallest absolute Gasteiger partial charge is 0.244 e. The molecule has 1 aromatic carbocycles. The van der Waals surface area contributed by atoms with Crippen molar-refractivity contribution in [2.45, 2.75) is 49.7 Å².